The van der Waals surface area contributed by atoms with Crippen LogP contribution >= 0.6 is 0 Å². The molecule has 3 fully saturated rings. The van der Waals surface area contributed by atoms with Crippen molar-refractivity contribution in [2.45, 2.75) is 135 Å². The van der Waals surface area contributed by atoms with E-state index in [1.54, 1.807) is 4.90 Å². The summed E-state index contributed by atoms with van der Waals surface area (Å²) in [5.41, 5.74) is 6.26. The number of ether oxygens (including phenoxy) is 2. The van der Waals surface area contributed by atoms with Gasteiger partial charge in [0.15, 0.2) is 0 Å². The van der Waals surface area contributed by atoms with E-state index < -0.39 is 30.3 Å². The number of imidazole rings is 1. The summed E-state index contributed by atoms with van der Waals surface area (Å²) in [6.07, 6.45) is 13.0. The first-order valence-electron chi connectivity index (χ1n) is 24.0. The van der Waals surface area contributed by atoms with Crippen molar-refractivity contribution in [1.82, 2.24) is 30.4 Å². The van der Waals surface area contributed by atoms with Gasteiger partial charge in [0.2, 0.25) is 17.7 Å². The summed E-state index contributed by atoms with van der Waals surface area (Å²) < 4.78 is 9.56. The Bertz CT molecular complexity index is 2310. The Morgan fingerprint density at radius 2 is 1.37 bits per heavy atom. The third-order valence-electron chi connectivity index (χ3n) is 14.0. The number of benzene rings is 2. The molecule has 4 N–H and O–H groups in total. The van der Waals surface area contributed by atoms with Crippen molar-refractivity contribution in [2.75, 3.05) is 37.5 Å². The molecule has 67 heavy (non-hydrogen) atoms. The van der Waals surface area contributed by atoms with Gasteiger partial charge in [-0.1, -0.05) is 91.0 Å². The number of nitrogens with zero attached hydrogens (tertiary/aromatic N) is 4. The molecule has 1 aliphatic carbocycles. The summed E-state index contributed by atoms with van der Waals surface area (Å²) in [6, 6.07) is 15.1. The van der Waals surface area contributed by atoms with E-state index in [4.69, 9.17) is 14.5 Å². The molecule has 0 saturated carbocycles. The van der Waals surface area contributed by atoms with E-state index >= 15 is 0 Å². The van der Waals surface area contributed by atoms with Gasteiger partial charge in [0.1, 0.15) is 23.9 Å². The molecule has 3 aromatic rings. The first-order chi connectivity index (χ1) is 32.0. The summed E-state index contributed by atoms with van der Waals surface area (Å²) in [5.74, 6) is 0.0272. The van der Waals surface area contributed by atoms with Crippen LogP contribution < -0.4 is 20.9 Å². The highest BCUT2D eigenvalue weighted by Crippen LogP contribution is 2.45. The van der Waals surface area contributed by atoms with Gasteiger partial charge in [0, 0.05) is 36.4 Å². The van der Waals surface area contributed by atoms with E-state index in [1.165, 1.54) is 25.5 Å². The molecular formula is C52H70N8O7. The third kappa shape index (κ3) is 10.9. The van der Waals surface area contributed by atoms with Crippen molar-refractivity contribution in [1.29, 1.82) is 0 Å². The number of anilines is 2. The fourth-order valence-electron chi connectivity index (χ4n) is 10.3. The average molecular weight is 919 g/mol. The van der Waals surface area contributed by atoms with E-state index in [2.05, 4.69) is 101 Å². The molecule has 0 bridgehead atoms. The van der Waals surface area contributed by atoms with Gasteiger partial charge in [-0.15, -0.1) is 0 Å². The van der Waals surface area contributed by atoms with Crippen LogP contribution in [0.4, 0.5) is 21.0 Å². The number of likely N-dealkylation sites (tertiary alicyclic amines) is 2. The van der Waals surface area contributed by atoms with Crippen molar-refractivity contribution in [3.8, 4) is 0 Å². The summed E-state index contributed by atoms with van der Waals surface area (Å²) in [7, 11) is 2.56. The van der Waals surface area contributed by atoms with E-state index in [0.717, 1.165) is 54.8 Å². The zero-order valence-electron chi connectivity index (χ0n) is 40.6. The maximum absolute atomic E-state index is 13.7. The lowest BCUT2D eigenvalue weighted by Crippen LogP contribution is -2.54. The average Bonchev–Trinajstić information content (AvgIpc) is 4.16. The molecule has 15 heteroatoms. The lowest BCUT2D eigenvalue weighted by Gasteiger charge is -2.37. The molecule has 0 radical (unpaired) electrons. The number of carbonyl (C=O) groups is 5. The lowest BCUT2D eigenvalue weighted by molar-refractivity contribution is -0.139. The molecule has 4 aliphatic rings. The van der Waals surface area contributed by atoms with Crippen LogP contribution in [0.3, 0.4) is 0 Å². The standard InChI is InChI=1S/C52H70N8O7/c1-31(2)44(56-50(64)66-8)48(62)58-28-10-12-42(58)46-53-30-39(55-46)33-14-16-34(17-15-33)40-26-27-41(60(40)38-24-20-36(21-25-38)52(5,6)7)35-18-22-37(23-19-35)54-47(61)43-13-11-29-59(43)49(63)45(32(3)4)57-51(65)67-9/h14-16,18-25,30-32,34,40-45H,10-13,17,26-29H2,1-9H3,(H,53,55)(H,54,61)(H,56,64)(H,57,65)/t34?,40?,41?,42-,43-,44-,45?/m0/s1. The van der Waals surface area contributed by atoms with Crippen LogP contribution in [-0.2, 0) is 29.3 Å². The Morgan fingerprint density at radius 3 is 1.96 bits per heavy atom. The molecule has 15 nitrogen and oxygen atoms in total. The van der Waals surface area contributed by atoms with Gasteiger partial charge in [-0.05, 0) is 103 Å². The third-order valence-corrected chi connectivity index (χ3v) is 14.0. The highest BCUT2D eigenvalue weighted by atomic mass is 16.5. The number of aromatic amines is 1. The number of alkyl carbamates (subject to hydrolysis) is 2. The number of rotatable bonds is 13. The van der Waals surface area contributed by atoms with Crippen molar-refractivity contribution in [3.05, 3.63) is 95.6 Å². The number of methoxy groups -OCH3 is 2. The smallest absolute Gasteiger partial charge is 0.407 e. The zero-order chi connectivity index (χ0) is 48.2. The predicted molar refractivity (Wildman–Crippen MR) is 259 cm³/mol. The molecule has 7 rings (SSSR count). The Hall–Kier alpha value is -6.12. The molecule has 3 saturated heterocycles. The molecular weight excluding hydrogens is 849 g/mol. The van der Waals surface area contributed by atoms with Crippen molar-refractivity contribution in [2.24, 2.45) is 17.8 Å². The number of H-pyrrole nitrogens is 1. The number of hydrogen-bond acceptors (Lipinski definition) is 9. The highest BCUT2D eigenvalue weighted by Gasteiger charge is 2.41. The topological polar surface area (TPSA) is 178 Å². The number of carbonyl (C=O) groups excluding carboxylic acids is 5. The fraction of sp³-hybridized carbons (Fsp3) is 0.538. The molecule has 360 valence electrons. The van der Waals surface area contributed by atoms with Crippen molar-refractivity contribution < 1.29 is 33.4 Å². The van der Waals surface area contributed by atoms with Gasteiger partial charge in [0.05, 0.1) is 38.2 Å². The Balaban J connectivity index is 1.05. The van der Waals surface area contributed by atoms with Crippen LogP contribution in [0, 0.1) is 17.8 Å². The second-order valence-corrected chi connectivity index (χ2v) is 20.2. The van der Waals surface area contributed by atoms with Gasteiger partial charge in [-0.3, -0.25) is 14.4 Å². The van der Waals surface area contributed by atoms with Crippen molar-refractivity contribution >= 4 is 46.9 Å². The van der Waals surface area contributed by atoms with Gasteiger partial charge >= 0.3 is 12.2 Å². The fourth-order valence-corrected chi connectivity index (χ4v) is 10.3. The van der Waals surface area contributed by atoms with Gasteiger partial charge in [0.25, 0.3) is 0 Å². The highest BCUT2D eigenvalue weighted by molar-refractivity contribution is 5.98. The predicted octanol–water partition coefficient (Wildman–Crippen LogP) is 8.43. The Kier molecular flexibility index (Phi) is 15.2. The van der Waals surface area contributed by atoms with Crippen LogP contribution in [0.1, 0.15) is 128 Å². The molecule has 1 aromatic heterocycles. The number of nitrogens with one attached hydrogen (secondary N) is 4. The minimum absolute atomic E-state index is 0.0190. The number of hydrogen-bond donors (Lipinski definition) is 4. The maximum Gasteiger partial charge on any atom is 0.407 e. The first-order valence-corrected chi connectivity index (χ1v) is 24.0. The number of allylic oxidation sites excluding steroid dienone is 3. The maximum atomic E-state index is 13.7. The Morgan fingerprint density at radius 1 is 0.761 bits per heavy atom. The van der Waals surface area contributed by atoms with Crippen LogP contribution in [0.25, 0.3) is 5.57 Å². The number of aromatic nitrogens is 2. The molecule has 4 heterocycles. The van der Waals surface area contributed by atoms with Gasteiger partial charge < -0.3 is 45.1 Å². The molecule has 0 spiro atoms. The molecule has 3 aliphatic heterocycles. The minimum Gasteiger partial charge on any atom is -0.453 e. The largest absolute Gasteiger partial charge is 0.453 e. The van der Waals surface area contributed by atoms with Crippen molar-refractivity contribution in [3.63, 3.8) is 0 Å². The summed E-state index contributed by atoms with van der Waals surface area (Å²) in [4.78, 5) is 79.5. The molecule has 2 aromatic carbocycles. The van der Waals surface area contributed by atoms with Crippen LogP contribution in [0.15, 0.2) is 73.0 Å². The second kappa shape index (κ2) is 20.8. The normalized spacial score (nSPS) is 22.7. The van der Waals surface area contributed by atoms with E-state index in [1.807, 2.05) is 50.9 Å². The van der Waals surface area contributed by atoms with Crippen LogP contribution in [0.2, 0.25) is 0 Å². The molecule has 7 atom stereocenters. The van der Waals surface area contributed by atoms with Gasteiger partial charge in [-0.2, -0.15) is 0 Å². The first kappa shape index (κ1) is 48.8. The van der Waals surface area contributed by atoms with Crippen LogP contribution in [-0.4, -0.2) is 101 Å². The minimum atomic E-state index is -0.800. The number of amides is 5. The van der Waals surface area contributed by atoms with E-state index in [0.29, 0.717) is 31.6 Å². The zero-order valence-corrected chi connectivity index (χ0v) is 40.6. The molecule has 4 unspecified atom stereocenters. The quantitative estimate of drug-likeness (QED) is 0.131. The van der Waals surface area contributed by atoms with E-state index in [-0.39, 0.29) is 59.0 Å². The van der Waals surface area contributed by atoms with Gasteiger partial charge in [-0.25, -0.2) is 14.6 Å². The second-order valence-electron chi connectivity index (χ2n) is 20.2. The summed E-state index contributed by atoms with van der Waals surface area (Å²) in [6.45, 7) is 15.3. The monoisotopic (exact) mass is 919 g/mol. The van der Waals surface area contributed by atoms with E-state index in [9.17, 15) is 24.0 Å². The SMILES string of the molecule is COC(=O)NC(C(=O)N1CCC[C@H]1C(=O)Nc1ccc(C2CCC(C3C=CC(c4cnc([C@@H]5CCCN5C(=O)[C@@H](NC(=O)OC)C(C)C)[nH]4)=CC3)N2c2ccc(C(C)(C)C)cc2)cc1)C(C)C. The summed E-state index contributed by atoms with van der Waals surface area (Å²) in [5, 5.41) is 8.44. The lowest BCUT2D eigenvalue weighted by atomic mass is 9.86. The summed E-state index contributed by atoms with van der Waals surface area (Å²) >= 11 is 0. The van der Waals surface area contributed by atoms with Crippen LogP contribution in [0.5, 0.6) is 0 Å². The Labute approximate surface area is 395 Å². The molecule has 5 amide bonds.